The second kappa shape index (κ2) is 11.7. The van der Waals surface area contributed by atoms with E-state index in [1.54, 1.807) is 7.11 Å². The van der Waals surface area contributed by atoms with E-state index in [9.17, 15) is 9.90 Å². The van der Waals surface area contributed by atoms with Crippen molar-refractivity contribution in [2.45, 2.75) is 88.3 Å². The van der Waals surface area contributed by atoms with Gasteiger partial charge in [-0.3, -0.25) is 5.32 Å². The Morgan fingerprint density at radius 2 is 2.06 bits per heavy atom. The van der Waals surface area contributed by atoms with Crippen molar-refractivity contribution in [1.29, 1.82) is 0 Å². The van der Waals surface area contributed by atoms with Gasteiger partial charge in [0.05, 0.1) is 11.1 Å². The van der Waals surface area contributed by atoms with Gasteiger partial charge in [0.2, 0.25) is 0 Å². The van der Waals surface area contributed by atoms with Gasteiger partial charge in [-0.1, -0.05) is 54.2 Å². The van der Waals surface area contributed by atoms with Gasteiger partial charge in [-0.2, -0.15) is 11.8 Å². The minimum Gasteiger partial charge on any atom is -0.434 e. The molecule has 6 nitrogen and oxygen atoms in total. The summed E-state index contributed by atoms with van der Waals surface area (Å²) in [5.41, 5.74) is -1.26. The molecular formula is C27H39NO5S2. The lowest BCUT2D eigenvalue weighted by Gasteiger charge is -2.54. The Balaban J connectivity index is 1.85. The molecule has 1 saturated carbocycles. The number of allylic oxidation sites excluding steroid dienone is 1. The van der Waals surface area contributed by atoms with E-state index in [1.807, 2.05) is 57.4 Å². The number of hydrogen-bond donors (Lipinski definition) is 2. The lowest BCUT2D eigenvalue weighted by atomic mass is 9.63. The standard InChI is InChI=1S/C27H39NO5S2/c1-19(2)13-15-21-25(3,32-21)27(22(31-4)12-9-17-26(27,30)18-35-5)33-24(29)28-23(34)16-14-20-10-7-6-8-11-20/h6-8,10-11,13,21-22,30H,9,12,14-18H2,1-5H3,(H,28,29,34). The van der Waals surface area contributed by atoms with E-state index in [0.717, 1.165) is 12.0 Å². The molecular weight excluding hydrogens is 482 g/mol. The van der Waals surface area contributed by atoms with E-state index >= 15 is 0 Å². The number of epoxide rings is 1. The Morgan fingerprint density at radius 1 is 1.34 bits per heavy atom. The zero-order valence-electron chi connectivity index (χ0n) is 21.5. The second-order valence-corrected chi connectivity index (χ2v) is 11.3. The molecule has 0 bridgehead atoms. The maximum Gasteiger partial charge on any atom is 0.412 e. The highest BCUT2D eigenvalue weighted by Gasteiger charge is 2.78. The molecule has 1 heterocycles. The number of ether oxygens (including phenoxy) is 3. The van der Waals surface area contributed by atoms with E-state index in [-0.39, 0.29) is 6.10 Å². The first-order chi connectivity index (χ1) is 16.6. The number of hydrogen-bond acceptors (Lipinski definition) is 7. The predicted octanol–water partition coefficient (Wildman–Crippen LogP) is 5.22. The zero-order valence-corrected chi connectivity index (χ0v) is 23.1. The highest BCUT2D eigenvalue weighted by molar-refractivity contribution is 7.98. The van der Waals surface area contributed by atoms with Crippen LogP contribution in [0, 0.1) is 0 Å². The van der Waals surface area contributed by atoms with Crippen LogP contribution in [0.25, 0.3) is 0 Å². The molecule has 2 aliphatic rings. The van der Waals surface area contributed by atoms with Crippen molar-refractivity contribution in [3.63, 3.8) is 0 Å². The molecule has 1 aromatic rings. The van der Waals surface area contributed by atoms with Gasteiger partial charge < -0.3 is 19.3 Å². The van der Waals surface area contributed by atoms with E-state index < -0.39 is 29.0 Å². The third kappa shape index (κ3) is 5.93. The summed E-state index contributed by atoms with van der Waals surface area (Å²) in [6, 6.07) is 9.98. The monoisotopic (exact) mass is 521 g/mol. The van der Waals surface area contributed by atoms with Crippen molar-refractivity contribution in [3.05, 3.63) is 47.5 Å². The molecule has 1 aliphatic carbocycles. The van der Waals surface area contributed by atoms with Gasteiger partial charge in [-0.05, 0) is 64.7 Å². The molecule has 1 aliphatic heterocycles. The maximum atomic E-state index is 13.3. The minimum atomic E-state index is -1.38. The Bertz CT molecular complexity index is 917. The average Bonchev–Trinajstić information content (AvgIpc) is 3.49. The van der Waals surface area contributed by atoms with Crippen LogP contribution in [0.1, 0.15) is 58.4 Å². The van der Waals surface area contributed by atoms with Crippen molar-refractivity contribution in [2.24, 2.45) is 0 Å². The molecule has 0 radical (unpaired) electrons. The topological polar surface area (TPSA) is 80.3 Å². The number of aryl methyl sites for hydroxylation is 1. The number of rotatable bonds is 10. The highest BCUT2D eigenvalue weighted by Crippen LogP contribution is 2.59. The number of amides is 1. The van der Waals surface area contributed by atoms with Crippen molar-refractivity contribution < 1.29 is 24.1 Å². The normalized spacial score (nSPS) is 31.9. The van der Waals surface area contributed by atoms with E-state index in [0.29, 0.717) is 42.8 Å². The summed E-state index contributed by atoms with van der Waals surface area (Å²) in [4.78, 5) is 13.7. The van der Waals surface area contributed by atoms with E-state index in [2.05, 4.69) is 11.4 Å². The molecule has 5 unspecified atom stereocenters. The highest BCUT2D eigenvalue weighted by atomic mass is 32.2. The van der Waals surface area contributed by atoms with E-state index in [4.69, 9.17) is 26.4 Å². The van der Waals surface area contributed by atoms with Gasteiger partial charge in [0.25, 0.3) is 0 Å². The number of aliphatic hydroxyl groups is 1. The van der Waals surface area contributed by atoms with Crippen LogP contribution in [0.4, 0.5) is 4.79 Å². The number of thiocarbonyl (C=S) groups is 1. The van der Waals surface area contributed by atoms with Crippen LogP contribution in [0.3, 0.4) is 0 Å². The van der Waals surface area contributed by atoms with Gasteiger partial charge in [0.1, 0.15) is 17.3 Å². The van der Waals surface area contributed by atoms with Crippen molar-refractivity contribution in [1.82, 2.24) is 5.32 Å². The fourth-order valence-electron chi connectivity index (χ4n) is 5.47. The van der Waals surface area contributed by atoms with Crippen LogP contribution in [0.5, 0.6) is 0 Å². The molecule has 5 atom stereocenters. The molecule has 0 aromatic heterocycles. The van der Waals surface area contributed by atoms with Crippen LogP contribution in [0.2, 0.25) is 0 Å². The number of nitrogens with one attached hydrogen (secondary N) is 1. The number of carbonyl (C=O) groups excluding carboxylic acids is 1. The predicted molar refractivity (Wildman–Crippen MR) is 145 cm³/mol. The molecule has 1 saturated heterocycles. The Kier molecular flexibility index (Phi) is 9.43. The van der Waals surface area contributed by atoms with Crippen LogP contribution in [-0.4, -0.2) is 64.3 Å². The third-order valence-corrected chi connectivity index (χ3v) is 8.34. The minimum absolute atomic E-state index is 0.195. The molecule has 0 spiro atoms. The van der Waals surface area contributed by atoms with Crippen molar-refractivity contribution in [3.8, 4) is 0 Å². The van der Waals surface area contributed by atoms with Gasteiger partial charge >= 0.3 is 6.09 Å². The molecule has 194 valence electrons. The molecule has 8 heteroatoms. The van der Waals surface area contributed by atoms with Crippen molar-refractivity contribution in [2.75, 3.05) is 19.1 Å². The number of benzene rings is 1. The zero-order chi connectivity index (χ0) is 25.7. The van der Waals surface area contributed by atoms with Crippen LogP contribution < -0.4 is 5.32 Å². The fourth-order valence-corrected chi connectivity index (χ4v) is 6.49. The summed E-state index contributed by atoms with van der Waals surface area (Å²) in [7, 11) is 1.60. The van der Waals surface area contributed by atoms with Gasteiger partial charge in [-0.25, -0.2) is 4.79 Å². The quantitative estimate of drug-likeness (QED) is 0.248. The maximum absolute atomic E-state index is 13.3. The average molecular weight is 522 g/mol. The van der Waals surface area contributed by atoms with Crippen LogP contribution >= 0.6 is 24.0 Å². The largest absolute Gasteiger partial charge is 0.434 e. The number of alkyl carbamates (subject to hydrolysis) is 1. The lowest BCUT2D eigenvalue weighted by molar-refractivity contribution is -0.245. The summed E-state index contributed by atoms with van der Waals surface area (Å²) < 4.78 is 18.4. The van der Waals surface area contributed by atoms with Crippen molar-refractivity contribution >= 4 is 35.1 Å². The SMILES string of the molecule is COC1CCCC(O)(CSC)C1(OC(=O)NC(=S)CCc1ccccc1)C1(C)OC1CC=C(C)C. The first kappa shape index (κ1) is 28.1. The number of carbonyl (C=O) groups is 1. The summed E-state index contributed by atoms with van der Waals surface area (Å²) in [5.74, 6) is 0.396. The molecule has 2 N–H and O–H groups in total. The third-order valence-electron chi connectivity index (χ3n) is 7.27. The molecule has 3 rings (SSSR count). The lowest BCUT2D eigenvalue weighted by Crippen LogP contribution is -2.74. The molecule has 2 fully saturated rings. The summed E-state index contributed by atoms with van der Waals surface area (Å²) in [6.45, 7) is 6.01. The van der Waals surface area contributed by atoms with Gasteiger partial charge in [0.15, 0.2) is 5.60 Å². The Labute approximate surface area is 219 Å². The number of methoxy groups -OCH3 is 1. The Hall–Kier alpha value is -1.45. The van der Waals surface area contributed by atoms with Crippen LogP contribution in [0.15, 0.2) is 42.0 Å². The molecule has 1 amide bonds. The molecule has 35 heavy (non-hydrogen) atoms. The first-order valence-electron chi connectivity index (χ1n) is 12.2. The summed E-state index contributed by atoms with van der Waals surface area (Å²) in [5, 5.41) is 14.8. The summed E-state index contributed by atoms with van der Waals surface area (Å²) in [6.07, 6.45) is 6.49. The van der Waals surface area contributed by atoms with E-state index in [1.165, 1.54) is 17.3 Å². The first-order valence-corrected chi connectivity index (χ1v) is 14.0. The second-order valence-electron chi connectivity index (χ2n) is 9.97. The Morgan fingerprint density at radius 3 is 2.69 bits per heavy atom. The van der Waals surface area contributed by atoms with Gasteiger partial charge in [0, 0.05) is 19.3 Å². The summed E-state index contributed by atoms with van der Waals surface area (Å²) >= 11 is 6.97. The fraction of sp³-hybridized carbons (Fsp3) is 0.630. The number of thioether (sulfide) groups is 1. The van der Waals surface area contributed by atoms with Gasteiger partial charge in [-0.15, -0.1) is 0 Å². The smallest absolute Gasteiger partial charge is 0.412 e. The molecule has 1 aromatic carbocycles. The van der Waals surface area contributed by atoms with Crippen LogP contribution in [-0.2, 0) is 20.6 Å².